The van der Waals surface area contributed by atoms with E-state index in [1.165, 1.54) is 0 Å². The average molecular weight is 589 g/mol. The van der Waals surface area contributed by atoms with E-state index in [-0.39, 0.29) is 23.7 Å². The minimum atomic E-state index is -5.49. The molecule has 0 bridgehead atoms. The lowest BCUT2D eigenvalue weighted by molar-refractivity contribution is -0.231. The Morgan fingerprint density at radius 2 is 1.70 bits per heavy atom. The molecule has 220 valence electrons. The zero-order valence-corrected chi connectivity index (χ0v) is 22.5. The van der Waals surface area contributed by atoms with Crippen LogP contribution >= 0.6 is 10.9 Å². The molecule has 0 aromatic carbocycles. The van der Waals surface area contributed by atoms with Crippen LogP contribution in [-0.4, -0.2) is 68.5 Å². The summed E-state index contributed by atoms with van der Waals surface area (Å²) in [7, 11) is -5.49. The van der Waals surface area contributed by atoms with Gasteiger partial charge >= 0.3 is 5.51 Å². The fourth-order valence-electron chi connectivity index (χ4n) is 7.32. The van der Waals surface area contributed by atoms with Crippen LogP contribution in [0.4, 0.5) is 13.2 Å². The van der Waals surface area contributed by atoms with E-state index < -0.39 is 38.9 Å². The van der Waals surface area contributed by atoms with Gasteiger partial charge in [0.15, 0.2) is 5.79 Å². The Morgan fingerprint density at radius 1 is 0.925 bits per heavy atom. The maximum Gasteiger partial charge on any atom is 0.504 e. The van der Waals surface area contributed by atoms with E-state index in [9.17, 15) is 22.3 Å². The Labute approximate surface area is 229 Å². The highest BCUT2D eigenvalue weighted by Gasteiger charge is 2.61. The molecule has 2 aromatic heterocycles. The Balaban J connectivity index is 1.38. The standard InChI is InChI=1S/C25H31F3N4O7S/c26-25(27,28)40(33,34)39-21-16-12-29-13-22(8-9-35-14-22)18(16)30-20(31-21)17-15-4-3-6-23(19(15)32-38-17)5-1-2-7-24(23)36-10-11-37-24/h29,33-34H,1-14H2/t22-,23-/m0/s1. The van der Waals surface area contributed by atoms with Crippen molar-refractivity contribution in [3.8, 4) is 17.5 Å². The fourth-order valence-corrected chi connectivity index (χ4v) is 7.77. The van der Waals surface area contributed by atoms with Crippen LogP contribution in [0.3, 0.4) is 0 Å². The molecule has 5 aliphatic rings. The molecule has 3 spiro atoms. The Bertz CT molecular complexity index is 1310. The summed E-state index contributed by atoms with van der Waals surface area (Å²) < 4.78 is 89.1. The molecule has 0 amide bonds. The topological polar surface area (TPSA) is 141 Å². The van der Waals surface area contributed by atoms with Crippen LogP contribution in [0.25, 0.3) is 11.6 Å². The van der Waals surface area contributed by atoms with Gasteiger partial charge in [0.1, 0.15) is 0 Å². The first kappa shape index (κ1) is 26.9. The lowest BCUT2D eigenvalue weighted by Crippen LogP contribution is -2.56. The molecule has 15 heteroatoms. The van der Waals surface area contributed by atoms with Crippen molar-refractivity contribution >= 4 is 10.9 Å². The predicted molar refractivity (Wildman–Crippen MR) is 134 cm³/mol. The number of aromatic nitrogens is 3. The van der Waals surface area contributed by atoms with Crippen molar-refractivity contribution < 1.29 is 45.2 Å². The third kappa shape index (κ3) is 3.85. The lowest BCUT2D eigenvalue weighted by atomic mass is 9.61. The van der Waals surface area contributed by atoms with Crippen molar-refractivity contribution in [1.29, 1.82) is 0 Å². The molecule has 40 heavy (non-hydrogen) atoms. The molecule has 1 saturated carbocycles. The Kier molecular flexibility index (Phi) is 6.21. The van der Waals surface area contributed by atoms with Crippen molar-refractivity contribution in [2.75, 3.05) is 33.0 Å². The zero-order chi connectivity index (χ0) is 27.8. The summed E-state index contributed by atoms with van der Waals surface area (Å²) in [6.45, 7) is 2.33. The van der Waals surface area contributed by atoms with Gasteiger partial charge in [-0.25, -0.2) is 4.98 Å². The predicted octanol–water partition coefficient (Wildman–Crippen LogP) is 4.35. The molecule has 11 nitrogen and oxygen atoms in total. The number of nitrogens with zero attached hydrogens (tertiary/aromatic N) is 3. The molecule has 3 N–H and O–H groups in total. The molecular formula is C25H31F3N4O7S. The summed E-state index contributed by atoms with van der Waals surface area (Å²) in [5.74, 6) is -1.12. The molecule has 2 atom stereocenters. The Morgan fingerprint density at radius 3 is 2.45 bits per heavy atom. The largest absolute Gasteiger partial charge is 0.504 e. The second kappa shape index (κ2) is 9.24. The summed E-state index contributed by atoms with van der Waals surface area (Å²) in [4.78, 5) is 9.13. The second-order valence-electron chi connectivity index (χ2n) is 11.3. The van der Waals surface area contributed by atoms with Crippen LogP contribution in [0.1, 0.15) is 67.5 Å². The minimum absolute atomic E-state index is 0.0109. The molecule has 2 aromatic rings. The van der Waals surface area contributed by atoms with Crippen LogP contribution in [0, 0.1) is 0 Å². The smallest absolute Gasteiger partial charge is 0.380 e. The lowest BCUT2D eigenvalue weighted by Gasteiger charge is -2.50. The number of alkyl halides is 3. The molecule has 0 unspecified atom stereocenters. The molecule has 7 rings (SSSR count). The highest BCUT2D eigenvalue weighted by molar-refractivity contribution is 8.21. The summed E-state index contributed by atoms with van der Waals surface area (Å²) in [6, 6.07) is 0. The number of ether oxygens (including phenoxy) is 3. The normalized spacial score (nSPS) is 30.1. The fraction of sp³-hybridized carbons (Fsp3) is 0.720. The van der Waals surface area contributed by atoms with Gasteiger partial charge in [-0.2, -0.15) is 18.2 Å². The first-order valence-corrected chi connectivity index (χ1v) is 15.1. The van der Waals surface area contributed by atoms with E-state index >= 15 is 0 Å². The maximum absolute atomic E-state index is 13.5. The molecule has 5 heterocycles. The van der Waals surface area contributed by atoms with Crippen LogP contribution < -0.4 is 9.50 Å². The van der Waals surface area contributed by atoms with Gasteiger partial charge in [0.05, 0.1) is 47.6 Å². The van der Waals surface area contributed by atoms with Gasteiger partial charge in [-0.1, -0.05) is 11.6 Å². The van der Waals surface area contributed by atoms with E-state index in [1.807, 2.05) is 0 Å². The summed E-state index contributed by atoms with van der Waals surface area (Å²) in [5.41, 5.74) is -4.38. The molecule has 2 aliphatic carbocycles. The van der Waals surface area contributed by atoms with Crippen LogP contribution in [0.5, 0.6) is 5.88 Å². The monoisotopic (exact) mass is 588 g/mol. The SMILES string of the molecule is OS(O)(Oc1nc(-c2onc3c2CCC[C@@]32CCCCC23OCCO3)nc2c1CNC[C@]21CCOC1)C(F)(F)F. The quantitative estimate of drug-likeness (QED) is 0.471. The first-order chi connectivity index (χ1) is 19.1. The zero-order valence-electron chi connectivity index (χ0n) is 21.7. The molecular weight excluding hydrogens is 557 g/mol. The Hall–Kier alpha value is -2.01. The molecule has 2 saturated heterocycles. The maximum atomic E-state index is 13.5. The van der Waals surface area contributed by atoms with Gasteiger partial charge in [-0.3, -0.25) is 9.11 Å². The highest BCUT2D eigenvalue weighted by Crippen LogP contribution is 2.58. The van der Waals surface area contributed by atoms with Crippen molar-refractivity contribution in [1.82, 2.24) is 20.4 Å². The van der Waals surface area contributed by atoms with Gasteiger partial charge in [0.2, 0.25) is 28.3 Å². The number of hydrogen-bond donors (Lipinski definition) is 3. The summed E-state index contributed by atoms with van der Waals surface area (Å²) >= 11 is 0. The molecule has 0 radical (unpaired) electrons. The van der Waals surface area contributed by atoms with Crippen LogP contribution in [0.2, 0.25) is 0 Å². The van der Waals surface area contributed by atoms with Crippen molar-refractivity contribution in [3.63, 3.8) is 0 Å². The van der Waals surface area contributed by atoms with Crippen molar-refractivity contribution in [2.24, 2.45) is 0 Å². The first-order valence-electron chi connectivity index (χ1n) is 13.6. The van der Waals surface area contributed by atoms with Crippen molar-refractivity contribution in [3.05, 3.63) is 22.5 Å². The summed E-state index contributed by atoms with van der Waals surface area (Å²) in [6.07, 6.45) is 6.30. The van der Waals surface area contributed by atoms with E-state index in [4.69, 9.17) is 27.9 Å². The van der Waals surface area contributed by atoms with E-state index in [1.54, 1.807) is 0 Å². The van der Waals surface area contributed by atoms with Gasteiger partial charge in [-0.05, 0) is 38.5 Å². The van der Waals surface area contributed by atoms with E-state index in [0.717, 1.165) is 49.8 Å². The van der Waals surface area contributed by atoms with E-state index in [2.05, 4.69) is 15.5 Å². The number of halogens is 3. The van der Waals surface area contributed by atoms with Gasteiger partial charge < -0.3 is 28.2 Å². The van der Waals surface area contributed by atoms with Gasteiger partial charge in [-0.15, -0.1) is 0 Å². The minimum Gasteiger partial charge on any atom is -0.380 e. The number of hydrogen-bond acceptors (Lipinski definition) is 11. The van der Waals surface area contributed by atoms with Crippen LogP contribution in [-0.2, 0) is 38.0 Å². The van der Waals surface area contributed by atoms with E-state index in [0.29, 0.717) is 51.5 Å². The average Bonchev–Trinajstić information content (AvgIpc) is 3.67. The summed E-state index contributed by atoms with van der Waals surface area (Å²) in [5, 5.41) is 7.68. The second-order valence-corrected chi connectivity index (χ2v) is 12.9. The highest BCUT2D eigenvalue weighted by atomic mass is 32.3. The van der Waals surface area contributed by atoms with Gasteiger partial charge in [0, 0.05) is 31.7 Å². The number of fused-ring (bicyclic) bond motifs is 5. The number of rotatable bonds is 3. The van der Waals surface area contributed by atoms with Crippen molar-refractivity contribution in [2.45, 2.75) is 80.0 Å². The van der Waals surface area contributed by atoms with Gasteiger partial charge in [0.25, 0.3) is 0 Å². The third-order valence-electron chi connectivity index (χ3n) is 9.15. The number of nitrogens with one attached hydrogen (secondary N) is 1. The third-order valence-corrected chi connectivity index (χ3v) is 10.1. The van der Waals surface area contributed by atoms with Crippen LogP contribution in [0.15, 0.2) is 4.52 Å². The molecule has 3 fully saturated rings. The molecule has 3 aliphatic heterocycles.